The first-order valence-electron chi connectivity index (χ1n) is 4.89. The van der Waals surface area contributed by atoms with Crippen LogP contribution in [0.1, 0.15) is 18.5 Å². The number of aromatic nitrogens is 1. The van der Waals surface area contributed by atoms with Gasteiger partial charge in [-0.05, 0) is 25.0 Å². The molecule has 1 aromatic rings. The maximum atomic E-state index is 11.0. The number of hydrogen-bond donors (Lipinski definition) is 1. The van der Waals surface area contributed by atoms with E-state index < -0.39 is 11.4 Å². The number of carboxylic acids is 1. The topological polar surface area (TPSA) is 59.4 Å². The predicted molar refractivity (Wildman–Crippen MR) is 53.8 cm³/mol. The van der Waals surface area contributed by atoms with Gasteiger partial charge in [0.2, 0.25) is 0 Å². The zero-order chi connectivity index (χ0) is 10.9. The number of ether oxygens (including phenoxy) is 1. The fraction of sp³-hybridized carbons (Fsp3) is 0.455. The van der Waals surface area contributed by atoms with Crippen molar-refractivity contribution in [1.29, 1.82) is 0 Å². The first-order chi connectivity index (χ1) is 7.18. The normalized spacial score (nSPS) is 17.1. The van der Waals surface area contributed by atoms with Crippen molar-refractivity contribution in [3.05, 3.63) is 24.0 Å². The van der Waals surface area contributed by atoms with Crippen molar-refractivity contribution >= 4 is 5.97 Å². The summed E-state index contributed by atoms with van der Waals surface area (Å²) in [6.45, 7) is 0. The van der Waals surface area contributed by atoms with Crippen LogP contribution in [0.5, 0.6) is 5.75 Å². The average molecular weight is 207 g/mol. The van der Waals surface area contributed by atoms with Crippen LogP contribution in [0.2, 0.25) is 0 Å². The number of hydrogen-bond acceptors (Lipinski definition) is 3. The summed E-state index contributed by atoms with van der Waals surface area (Å²) in [5.41, 5.74) is 0.154. The zero-order valence-corrected chi connectivity index (χ0v) is 8.56. The van der Waals surface area contributed by atoms with Crippen LogP contribution in [-0.2, 0) is 11.2 Å². The van der Waals surface area contributed by atoms with Crippen LogP contribution in [0, 0.1) is 5.41 Å². The van der Waals surface area contributed by atoms with Crippen LogP contribution in [-0.4, -0.2) is 23.2 Å². The SMILES string of the molecule is COc1cccnc1CC1(C(=O)O)CC1. The quantitative estimate of drug-likeness (QED) is 0.812. The molecular weight excluding hydrogens is 194 g/mol. The maximum absolute atomic E-state index is 11.0. The Hall–Kier alpha value is -1.58. The molecule has 0 saturated heterocycles. The Morgan fingerprint density at radius 1 is 1.67 bits per heavy atom. The molecule has 1 aliphatic rings. The van der Waals surface area contributed by atoms with Crippen LogP contribution in [0.4, 0.5) is 0 Å². The molecule has 1 aliphatic carbocycles. The van der Waals surface area contributed by atoms with Crippen LogP contribution in [0.15, 0.2) is 18.3 Å². The Bertz CT molecular complexity index is 385. The zero-order valence-electron chi connectivity index (χ0n) is 8.56. The van der Waals surface area contributed by atoms with Gasteiger partial charge in [0.05, 0.1) is 18.2 Å². The molecular formula is C11H13NO3. The minimum Gasteiger partial charge on any atom is -0.495 e. The van der Waals surface area contributed by atoms with Crippen molar-refractivity contribution in [3.63, 3.8) is 0 Å². The van der Waals surface area contributed by atoms with Crippen LogP contribution in [0.3, 0.4) is 0 Å². The summed E-state index contributed by atoms with van der Waals surface area (Å²) >= 11 is 0. The van der Waals surface area contributed by atoms with Gasteiger partial charge in [-0.15, -0.1) is 0 Å². The highest BCUT2D eigenvalue weighted by Gasteiger charge is 2.50. The molecule has 1 saturated carbocycles. The van der Waals surface area contributed by atoms with Crippen molar-refractivity contribution in [2.75, 3.05) is 7.11 Å². The lowest BCUT2D eigenvalue weighted by atomic mass is 10.00. The molecule has 0 amide bonds. The van der Waals surface area contributed by atoms with Crippen molar-refractivity contribution in [2.45, 2.75) is 19.3 Å². The smallest absolute Gasteiger partial charge is 0.310 e. The number of nitrogens with zero attached hydrogens (tertiary/aromatic N) is 1. The summed E-state index contributed by atoms with van der Waals surface area (Å²) in [5.74, 6) is -0.0553. The van der Waals surface area contributed by atoms with E-state index in [0.29, 0.717) is 12.2 Å². The van der Waals surface area contributed by atoms with Gasteiger partial charge in [-0.25, -0.2) is 0 Å². The molecule has 1 N–H and O–H groups in total. The largest absolute Gasteiger partial charge is 0.495 e. The lowest BCUT2D eigenvalue weighted by Gasteiger charge is -2.11. The van der Waals surface area contributed by atoms with E-state index in [0.717, 1.165) is 18.5 Å². The van der Waals surface area contributed by atoms with Crippen molar-refractivity contribution in [3.8, 4) is 5.75 Å². The fourth-order valence-corrected chi connectivity index (χ4v) is 1.68. The molecule has 0 unspecified atom stereocenters. The van der Waals surface area contributed by atoms with Crippen LogP contribution < -0.4 is 4.74 Å². The van der Waals surface area contributed by atoms with Gasteiger partial charge in [0, 0.05) is 12.6 Å². The second kappa shape index (κ2) is 3.53. The Morgan fingerprint density at radius 3 is 2.93 bits per heavy atom. The number of rotatable bonds is 4. The summed E-state index contributed by atoms with van der Waals surface area (Å²) in [6.07, 6.45) is 3.60. The van der Waals surface area contributed by atoms with Crippen LogP contribution >= 0.6 is 0 Å². The van der Waals surface area contributed by atoms with Gasteiger partial charge >= 0.3 is 5.97 Å². The molecule has 2 rings (SSSR count). The van der Waals surface area contributed by atoms with E-state index in [-0.39, 0.29) is 0 Å². The first-order valence-corrected chi connectivity index (χ1v) is 4.89. The van der Waals surface area contributed by atoms with Crippen LogP contribution in [0.25, 0.3) is 0 Å². The highest BCUT2D eigenvalue weighted by Crippen LogP contribution is 2.49. The molecule has 4 heteroatoms. The van der Waals surface area contributed by atoms with E-state index in [1.807, 2.05) is 0 Å². The van der Waals surface area contributed by atoms with Crippen molar-refractivity contribution < 1.29 is 14.6 Å². The Morgan fingerprint density at radius 2 is 2.40 bits per heavy atom. The monoisotopic (exact) mass is 207 g/mol. The van der Waals surface area contributed by atoms with Gasteiger partial charge in [0.15, 0.2) is 0 Å². The number of carboxylic acid groups (broad SMARTS) is 1. The summed E-state index contributed by atoms with van der Waals surface area (Å²) < 4.78 is 5.14. The summed E-state index contributed by atoms with van der Waals surface area (Å²) in [7, 11) is 1.57. The second-order valence-corrected chi connectivity index (χ2v) is 3.91. The molecule has 0 aliphatic heterocycles. The van der Waals surface area contributed by atoms with Gasteiger partial charge < -0.3 is 9.84 Å². The van der Waals surface area contributed by atoms with E-state index in [1.165, 1.54) is 0 Å². The third-order valence-corrected chi connectivity index (χ3v) is 2.88. The highest BCUT2D eigenvalue weighted by atomic mass is 16.5. The number of carbonyl (C=O) groups is 1. The minimum atomic E-state index is -0.727. The summed E-state index contributed by atoms with van der Waals surface area (Å²) in [4.78, 5) is 15.2. The second-order valence-electron chi connectivity index (χ2n) is 3.91. The number of pyridine rings is 1. The van der Waals surface area contributed by atoms with E-state index in [2.05, 4.69) is 4.98 Å². The lowest BCUT2D eigenvalue weighted by Crippen LogP contribution is -2.18. The number of methoxy groups -OCH3 is 1. The minimum absolute atomic E-state index is 0.465. The Balaban J connectivity index is 2.21. The predicted octanol–water partition coefficient (Wildman–Crippen LogP) is 1.50. The highest BCUT2D eigenvalue weighted by molar-refractivity contribution is 5.78. The summed E-state index contributed by atoms with van der Waals surface area (Å²) in [5, 5.41) is 9.06. The molecule has 0 radical (unpaired) electrons. The number of aliphatic carboxylic acids is 1. The molecule has 4 nitrogen and oxygen atoms in total. The van der Waals surface area contributed by atoms with Gasteiger partial charge in [-0.3, -0.25) is 9.78 Å². The molecule has 1 heterocycles. The molecule has 0 spiro atoms. The van der Waals surface area contributed by atoms with E-state index >= 15 is 0 Å². The maximum Gasteiger partial charge on any atom is 0.310 e. The third kappa shape index (κ3) is 1.79. The van der Waals surface area contributed by atoms with Crippen molar-refractivity contribution in [2.24, 2.45) is 5.41 Å². The molecule has 80 valence electrons. The molecule has 1 fully saturated rings. The van der Waals surface area contributed by atoms with E-state index in [1.54, 1.807) is 25.4 Å². The molecule has 0 bridgehead atoms. The van der Waals surface area contributed by atoms with E-state index in [9.17, 15) is 4.79 Å². The standard InChI is InChI=1S/C11H13NO3/c1-15-9-3-2-6-12-8(9)7-11(4-5-11)10(13)14/h2-3,6H,4-5,7H2,1H3,(H,13,14). The van der Waals surface area contributed by atoms with Gasteiger partial charge in [0.1, 0.15) is 5.75 Å². The molecule has 0 aromatic carbocycles. The van der Waals surface area contributed by atoms with E-state index in [4.69, 9.17) is 9.84 Å². The molecule has 1 aromatic heterocycles. The lowest BCUT2D eigenvalue weighted by molar-refractivity contribution is -0.143. The Labute approximate surface area is 87.9 Å². The van der Waals surface area contributed by atoms with Gasteiger partial charge in [0.25, 0.3) is 0 Å². The molecule has 15 heavy (non-hydrogen) atoms. The molecule has 0 atom stereocenters. The third-order valence-electron chi connectivity index (χ3n) is 2.88. The first kappa shape index (κ1) is 9.96. The average Bonchev–Trinajstić information content (AvgIpc) is 3.00. The van der Waals surface area contributed by atoms with Gasteiger partial charge in [-0.2, -0.15) is 0 Å². The van der Waals surface area contributed by atoms with Crippen molar-refractivity contribution in [1.82, 2.24) is 4.98 Å². The van der Waals surface area contributed by atoms with Gasteiger partial charge in [-0.1, -0.05) is 0 Å². The Kier molecular flexibility index (Phi) is 2.34. The fourth-order valence-electron chi connectivity index (χ4n) is 1.68. The summed E-state index contributed by atoms with van der Waals surface area (Å²) in [6, 6.07) is 3.59.